The molecule has 0 bridgehead atoms. The molecule has 0 aliphatic heterocycles. The number of nitrogens with one attached hydrogen (secondary N) is 1. The topological polar surface area (TPSA) is 94.8 Å². The van der Waals surface area contributed by atoms with Crippen molar-refractivity contribution < 1.29 is 14.3 Å². The number of carbonyl (C=O) groups is 1. The first-order chi connectivity index (χ1) is 13.5. The third-order valence-corrected chi connectivity index (χ3v) is 4.04. The average molecular weight is 380 g/mol. The minimum atomic E-state index is -0.512. The van der Waals surface area contributed by atoms with Crippen molar-refractivity contribution in [3.63, 3.8) is 0 Å². The zero-order chi connectivity index (χ0) is 20.1. The number of nitrogens with zero attached hydrogens (tertiary/aromatic N) is 3. The largest absolute Gasteiger partial charge is 0.493 e. The predicted molar refractivity (Wildman–Crippen MR) is 106 cm³/mol. The molecule has 0 unspecified atom stereocenters. The van der Waals surface area contributed by atoms with E-state index < -0.39 is 5.91 Å². The Kier molecular flexibility index (Phi) is 5.69. The van der Waals surface area contributed by atoms with Gasteiger partial charge in [0.2, 0.25) is 0 Å². The monoisotopic (exact) mass is 380 g/mol. The highest BCUT2D eigenvalue weighted by Crippen LogP contribution is 2.27. The van der Waals surface area contributed by atoms with Crippen LogP contribution in [0.1, 0.15) is 23.0 Å². The minimum Gasteiger partial charge on any atom is -0.493 e. The number of fused-ring (bicyclic) bond motifs is 1. The second-order valence-corrected chi connectivity index (χ2v) is 5.87. The Labute approximate surface area is 161 Å². The molecule has 3 rings (SSSR count). The lowest BCUT2D eigenvalue weighted by Gasteiger charge is -2.09. The van der Waals surface area contributed by atoms with Crippen LogP contribution in [0.5, 0.6) is 11.5 Å². The Morgan fingerprint density at radius 1 is 1.21 bits per heavy atom. The molecule has 1 aromatic heterocycles. The maximum Gasteiger partial charge on any atom is 0.292 e. The van der Waals surface area contributed by atoms with Crippen LogP contribution < -0.4 is 20.5 Å². The highest BCUT2D eigenvalue weighted by atomic mass is 16.5. The van der Waals surface area contributed by atoms with Gasteiger partial charge in [0.05, 0.1) is 25.3 Å². The SMILES string of the molecule is CCOc1cc(/C=N/NC(=O)c2nn(C)c(=O)c3ccccc23)ccc1OC. The van der Waals surface area contributed by atoms with Crippen LogP contribution in [0.4, 0.5) is 0 Å². The number of hydrazone groups is 1. The first-order valence-electron chi connectivity index (χ1n) is 8.65. The molecular weight excluding hydrogens is 360 g/mol. The standard InChI is InChI=1S/C20H20N4O4/c1-4-28-17-11-13(9-10-16(17)27-3)12-21-22-19(25)18-14-7-5-6-8-15(14)20(26)24(2)23-18/h5-12H,4H2,1-3H3,(H,22,25)/b21-12+. The lowest BCUT2D eigenvalue weighted by atomic mass is 10.1. The molecule has 1 heterocycles. The summed E-state index contributed by atoms with van der Waals surface area (Å²) >= 11 is 0. The summed E-state index contributed by atoms with van der Waals surface area (Å²) in [4.78, 5) is 24.7. The fourth-order valence-electron chi connectivity index (χ4n) is 2.73. The molecule has 0 fully saturated rings. The van der Waals surface area contributed by atoms with Crippen LogP contribution in [0.25, 0.3) is 10.8 Å². The lowest BCUT2D eigenvalue weighted by molar-refractivity contribution is 0.0950. The van der Waals surface area contributed by atoms with E-state index in [1.807, 2.05) is 6.92 Å². The number of methoxy groups -OCH3 is 1. The van der Waals surface area contributed by atoms with E-state index in [0.717, 1.165) is 10.2 Å². The molecule has 2 aromatic carbocycles. The number of hydrogen-bond acceptors (Lipinski definition) is 6. The highest BCUT2D eigenvalue weighted by Gasteiger charge is 2.15. The van der Waals surface area contributed by atoms with E-state index in [9.17, 15) is 9.59 Å². The number of benzene rings is 2. The van der Waals surface area contributed by atoms with E-state index in [0.29, 0.717) is 28.9 Å². The second-order valence-electron chi connectivity index (χ2n) is 5.87. The van der Waals surface area contributed by atoms with Gasteiger partial charge >= 0.3 is 0 Å². The fraction of sp³-hybridized carbons (Fsp3) is 0.200. The van der Waals surface area contributed by atoms with Crippen molar-refractivity contribution >= 4 is 22.9 Å². The number of ether oxygens (including phenoxy) is 2. The third-order valence-electron chi connectivity index (χ3n) is 4.04. The van der Waals surface area contributed by atoms with Gasteiger partial charge in [-0.2, -0.15) is 10.2 Å². The molecule has 8 heteroatoms. The molecule has 3 aromatic rings. The quantitative estimate of drug-likeness (QED) is 0.522. The number of amides is 1. The zero-order valence-corrected chi connectivity index (χ0v) is 15.8. The molecule has 0 saturated carbocycles. The molecule has 0 aliphatic carbocycles. The van der Waals surface area contributed by atoms with E-state index >= 15 is 0 Å². The second kappa shape index (κ2) is 8.34. The molecule has 1 N–H and O–H groups in total. The summed E-state index contributed by atoms with van der Waals surface area (Å²) in [5, 5.41) is 8.95. The first kappa shape index (κ1) is 19.1. The lowest BCUT2D eigenvalue weighted by Crippen LogP contribution is -2.27. The third kappa shape index (κ3) is 3.85. The Morgan fingerprint density at radius 2 is 1.96 bits per heavy atom. The smallest absolute Gasteiger partial charge is 0.292 e. The Morgan fingerprint density at radius 3 is 2.68 bits per heavy atom. The molecule has 0 aliphatic rings. The zero-order valence-electron chi connectivity index (χ0n) is 15.8. The van der Waals surface area contributed by atoms with Gasteiger partial charge in [-0.25, -0.2) is 10.1 Å². The summed E-state index contributed by atoms with van der Waals surface area (Å²) in [7, 11) is 3.07. The normalized spacial score (nSPS) is 11.0. The summed E-state index contributed by atoms with van der Waals surface area (Å²) in [6.45, 7) is 2.38. The summed E-state index contributed by atoms with van der Waals surface area (Å²) < 4.78 is 11.9. The summed E-state index contributed by atoms with van der Waals surface area (Å²) in [6.07, 6.45) is 1.49. The molecule has 144 valence electrons. The molecule has 0 spiro atoms. The van der Waals surface area contributed by atoms with Crippen LogP contribution in [-0.2, 0) is 7.05 Å². The Bertz CT molecular complexity index is 1110. The van der Waals surface area contributed by atoms with Crippen LogP contribution >= 0.6 is 0 Å². The van der Waals surface area contributed by atoms with Crippen LogP contribution in [0.15, 0.2) is 52.4 Å². The van der Waals surface area contributed by atoms with Crippen molar-refractivity contribution in [2.45, 2.75) is 6.92 Å². The summed E-state index contributed by atoms with van der Waals surface area (Å²) in [5.41, 5.74) is 3.03. The van der Waals surface area contributed by atoms with E-state index in [1.165, 1.54) is 13.3 Å². The van der Waals surface area contributed by atoms with Gasteiger partial charge in [0, 0.05) is 12.4 Å². The fourth-order valence-corrected chi connectivity index (χ4v) is 2.73. The van der Waals surface area contributed by atoms with Crippen LogP contribution in [0.2, 0.25) is 0 Å². The maximum absolute atomic E-state index is 12.5. The van der Waals surface area contributed by atoms with Crippen molar-refractivity contribution in [2.24, 2.45) is 12.1 Å². The van der Waals surface area contributed by atoms with Gasteiger partial charge < -0.3 is 9.47 Å². The molecule has 0 atom stereocenters. The maximum atomic E-state index is 12.5. The molecule has 28 heavy (non-hydrogen) atoms. The van der Waals surface area contributed by atoms with Crippen LogP contribution in [0, 0.1) is 0 Å². The van der Waals surface area contributed by atoms with Gasteiger partial charge in [0.15, 0.2) is 17.2 Å². The van der Waals surface area contributed by atoms with E-state index in [4.69, 9.17) is 9.47 Å². The summed E-state index contributed by atoms with van der Waals surface area (Å²) in [5.74, 6) is 0.691. The predicted octanol–water partition coefficient (Wildman–Crippen LogP) is 2.10. The molecule has 1 amide bonds. The summed E-state index contributed by atoms with van der Waals surface area (Å²) in [6, 6.07) is 12.1. The van der Waals surface area contributed by atoms with Gasteiger partial charge in [-0.3, -0.25) is 9.59 Å². The number of carbonyl (C=O) groups excluding carboxylic acids is 1. The average Bonchev–Trinajstić information content (AvgIpc) is 2.71. The first-order valence-corrected chi connectivity index (χ1v) is 8.65. The number of rotatable bonds is 6. The Hall–Kier alpha value is -3.68. The van der Waals surface area contributed by atoms with Crippen LogP contribution in [-0.4, -0.2) is 35.6 Å². The Balaban J connectivity index is 1.83. The van der Waals surface area contributed by atoms with Gasteiger partial charge in [0.25, 0.3) is 11.5 Å². The van der Waals surface area contributed by atoms with Gasteiger partial charge in [-0.05, 0) is 36.8 Å². The molecule has 8 nitrogen and oxygen atoms in total. The van der Waals surface area contributed by atoms with Gasteiger partial charge in [-0.15, -0.1) is 0 Å². The van der Waals surface area contributed by atoms with Gasteiger partial charge in [-0.1, -0.05) is 18.2 Å². The van der Waals surface area contributed by atoms with E-state index in [-0.39, 0.29) is 11.3 Å². The number of aromatic nitrogens is 2. The van der Waals surface area contributed by atoms with E-state index in [2.05, 4.69) is 15.6 Å². The molecular formula is C20H20N4O4. The van der Waals surface area contributed by atoms with Crippen LogP contribution in [0.3, 0.4) is 0 Å². The molecule has 0 saturated heterocycles. The van der Waals surface area contributed by atoms with Crippen molar-refractivity contribution in [1.82, 2.24) is 15.2 Å². The van der Waals surface area contributed by atoms with Crippen molar-refractivity contribution in [3.8, 4) is 11.5 Å². The van der Waals surface area contributed by atoms with Crippen molar-refractivity contribution in [2.75, 3.05) is 13.7 Å². The number of hydrogen-bond donors (Lipinski definition) is 1. The van der Waals surface area contributed by atoms with Crippen molar-refractivity contribution in [1.29, 1.82) is 0 Å². The van der Waals surface area contributed by atoms with Gasteiger partial charge in [0.1, 0.15) is 0 Å². The van der Waals surface area contributed by atoms with E-state index in [1.54, 1.807) is 49.6 Å². The highest BCUT2D eigenvalue weighted by molar-refractivity contribution is 6.04. The minimum absolute atomic E-state index is 0.125. The number of aryl methyl sites for hydroxylation is 1. The van der Waals surface area contributed by atoms with Crippen molar-refractivity contribution in [3.05, 3.63) is 64.1 Å². The molecule has 0 radical (unpaired) electrons.